The van der Waals surface area contributed by atoms with Gasteiger partial charge in [0.1, 0.15) is 12.2 Å². The zero-order chi connectivity index (χ0) is 22.7. The number of ether oxygens (including phenoxy) is 1. The van der Waals surface area contributed by atoms with Crippen LogP contribution in [0.5, 0.6) is 0 Å². The number of aromatic nitrogens is 3. The third kappa shape index (κ3) is 4.25. The fraction of sp³-hybridized carbons (Fsp3) is 0.250. The molecule has 1 N–H and O–H groups in total. The summed E-state index contributed by atoms with van der Waals surface area (Å²) in [6.07, 6.45) is 0. The van der Waals surface area contributed by atoms with Gasteiger partial charge in [-0.05, 0) is 31.2 Å². The molecule has 2 heterocycles. The second-order valence-corrected chi connectivity index (χ2v) is 7.59. The van der Waals surface area contributed by atoms with Crippen LogP contribution >= 0.6 is 0 Å². The molecule has 0 atom stereocenters. The normalized spacial score (nSPS) is 11.1. The molecule has 8 nitrogen and oxygen atoms in total. The number of fused-ring (bicyclic) bond motifs is 1. The summed E-state index contributed by atoms with van der Waals surface area (Å²) in [5.41, 5.74) is 2.22. The van der Waals surface area contributed by atoms with Gasteiger partial charge in [-0.2, -0.15) is 0 Å². The van der Waals surface area contributed by atoms with Gasteiger partial charge in [-0.25, -0.2) is 4.79 Å². The van der Waals surface area contributed by atoms with E-state index in [4.69, 9.17) is 9.15 Å². The smallest absolute Gasteiger partial charge is 0.340 e. The van der Waals surface area contributed by atoms with E-state index in [1.165, 1.54) is 0 Å². The van der Waals surface area contributed by atoms with Gasteiger partial charge in [0.25, 0.3) is 5.89 Å². The highest BCUT2D eigenvalue weighted by Gasteiger charge is 2.20. The Balaban J connectivity index is 1.66. The maximum atomic E-state index is 13.0. The summed E-state index contributed by atoms with van der Waals surface area (Å²) in [6, 6.07) is 16.4. The van der Waals surface area contributed by atoms with E-state index in [0.29, 0.717) is 28.7 Å². The third-order valence-corrected chi connectivity index (χ3v) is 4.96. The second-order valence-electron chi connectivity index (χ2n) is 7.59. The summed E-state index contributed by atoms with van der Waals surface area (Å²) in [6.45, 7) is 5.93. The van der Waals surface area contributed by atoms with E-state index in [9.17, 15) is 9.59 Å². The summed E-state index contributed by atoms with van der Waals surface area (Å²) in [7, 11) is 0. The Bertz CT molecular complexity index is 1270. The first kappa shape index (κ1) is 21.3. The number of amides is 1. The summed E-state index contributed by atoms with van der Waals surface area (Å²) < 4.78 is 12.8. The summed E-state index contributed by atoms with van der Waals surface area (Å²) in [4.78, 5) is 25.2. The van der Waals surface area contributed by atoms with Gasteiger partial charge < -0.3 is 19.0 Å². The summed E-state index contributed by atoms with van der Waals surface area (Å²) in [5.74, 6) is 0.196. The van der Waals surface area contributed by atoms with Crippen molar-refractivity contribution in [3.63, 3.8) is 0 Å². The Kier molecular flexibility index (Phi) is 6.02. The average Bonchev–Trinajstić information content (AvgIpc) is 3.40. The van der Waals surface area contributed by atoms with E-state index >= 15 is 0 Å². The van der Waals surface area contributed by atoms with Crippen LogP contribution < -0.4 is 5.32 Å². The SMILES string of the molecule is CCOC(=O)c1ccccc1NC(=O)Cn1c(-c2nnc(C(C)C)o2)cc2ccccc21. The van der Waals surface area contributed by atoms with Gasteiger partial charge in [0.15, 0.2) is 0 Å². The molecule has 0 bridgehead atoms. The van der Waals surface area contributed by atoms with Crippen molar-refractivity contribution in [2.24, 2.45) is 0 Å². The standard InChI is InChI=1S/C24H24N4O4/c1-4-31-24(30)17-10-6-7-11-18(17)25-21(29)14-28-19-12-8-5-9-16(19)13-20(28)23-27-26-22(32-23)15(2)3/h5-13,15H,4,14H2,1-3H3,(H,25,29). The van der Waals surface area contributed by atoms with Gasteiger partial charge in [-0.15, -0.1) is 10.2 Å². The first-order chi connectivity index (χ1) is 15.5. The van der Waals surface area contributed by atoms with Gasteiger partial charge in [-0.3, -0.25) is 4.79 Å². The van der Waals surface area contributed by atoms with Crippen LogP contribution in [0.1, 0.15) is 42.9 Å². The lowest BCUT2D eigenvalue weighted by Crippen LogP contribution is -2.21. The highest BCUT2D eigenvalue weighted by atomic mass is 16.5. The number of carbonyl (C=O) groups excluding carboxylic acids is 2. The number of carbonyl (C=O) groups is 2. The molecule has 4 rings (SSSR count). The number of rotatable bonds is 7. The van der Waals surface area contributed by atoms with Crippen molar-refractivity contribution in [3.8, 4) is 11.6 Å². The Labute approximate surface area is 185 Å². The molecule has 2 aromatic carbocycles. The molecule has 1 amide bonds. The second kappa shape index (κ2) is 9.05. The van der Waals surface area contributed by atoms with Crippen LogP contribution in [0.2, 0.25) is 0 Å². The fourth-order valence-electron chi connectivity index (χ4n) is 3.44. The summed E-state index contributed by atoms with van der Waals surface area (Å²) in [5, 5.41) is 12.1. The lowest BCUT2D eigenvalue weighted by molar-refractivity contribution is -0.116. The van der Waals surface area contributed by atoms with E-state index < -0.39 is 5.97 Å². The van der Waals surface area contributed by atoms with Crippen molar-refractivity contribution in [1.82, 2.24) is 14.8 Å². The first-order valence-electron chi connectivity index (χ1n) is 10.5. The van der Waals surface area contributed by atoms with Crippen molar-refractivity contribution in [2.45, 2.75) is 33.2 Å². The predicted octanol–water partition coefficient (Wildman–Crippen LogP) is 4.63. The number of anilines is 1. The minimum absolute atomic E-state index is 0.000597. The number of nitrogens with zero attached hydrogens (tertiary/aromatic N) is 3. The molecule has 8 heteroatoms. The van der Waals surface area contributed by atoms with Crippen molar-refractivity contribution in [3.05, 3.63) is 66.1 Å². The van der Waals surface area contributed by atoms with Crippen molar-refractivity contribution in [2.75, 3.05) is 11.9 Å². The van der Waals surface area contributed by atoms with Crippen LogP contribution in [0, 0.1) is 0 Å². The van der Waals surface area contributed by atoms with Gasteiger partial charge >= 0.3 is 5.97 Å². The lowest BCUT2D eigenvalue weighted by atomic mass is 10.2. The summed E-state index contributed by atoms with van der Waals surface area (Å²) >= 11 is 0. The zero-order valence-corrected chi connectivity index (χ0v) is 18.2. The molecule has 0 radical (unpaired) electrons. The van der Waals surface area contributed by atoms with Crippen LogP contribution in [-0.2, 0) is 16.1 Å². The molecule has 0 unspecified atom stereocenters. The van der Waals surface area contributed by atoms with Crippen molar-refractivity contribution in [1.29, 1.82) is 0 Å². The van der Waals surface area contributed by atoms with E-state index in [0.717, 1.165) is 10.9 Å². The van der Waals surface area contributed by atoms with E-state index in [1.54, 1.807) is 31.2 Å². The molecule has 0 saturated heterocycles. The molecule has 0 aliphatic rings. The Morgan fingerprint density at radius 3 is 2.59 bits per heavy atom. The molecule has 0 spiro atoms. The lowest BCUT2D eigenvalue weighted by Gasteiger charge is -2.12. The van der Waals surface area contributed by atoms with Crippen LogP contribution in [0.15, 0.2) is 59.0 Å². The Hall–Kier alpha value is -3.94. The molecular formula is C24H24N4O4. The molecule has 0 fully saturated rings. The molecule has 4 aromatic rings. The number of esters is 1. The maximum absolute atomic E-state index is 13.0. The van der Waals surface area contributed by atoms with Crippen molar-refractivity contribution >= 4 is 28.5 Å². The Morgan fingerprint density at radius 1 is 1.09 bits per heavy atom. The van der Waals surface area contributed by atoms with Gasteiger partial charge in [-0.1, -0.05) is 44.2 Å². The highest BCUT2D eigenvalue weighted by Crippen LogP contribution is 2.29. The van der Waals surface area contributed by atoms with Crippen LogP contribution in [0.25, 0.3) is 22.5 Å². The van der Waals surface area contributed by atoms with Crippen LogP contribution in [0.3, 0.4) is 0 Å². The maximum Gasteiger partial charge on any atom is 0.340 e. The molecule has 0 saturated carbocycles. The van der Waals surface area contributed by atoms with E-state index in [1.807, 2.05) is 48.7 Å². The van der Waals surface area contributed by atoms with Crippen LogP contribution in [-0.4, -0.2) is 33.2 Å². The largest absolute Gasteiger partial charge is 0.462 e. The number of nitrogens with one attached hydrogen (secondary N) is 1. The predicted molar refractivity (Wildman–Crippen MR) is 120 cm³/mol. The van der Waals surface area contributed by atoms with Gasteiger partial charge in [0, 0.05) is 16.8 Å². The minimum atomic E-state index is -0.484. The number of hydrogen-bond donors (Lipinski definition) is 1. The monoisotopic (exact) mass is 432 g/mol. The Morgan fingerprint density at radius 2 is 1.84 bits per heavy atom. The topological polar surface area (TPSA) is 99.2 Å². The third-order valence-electron chi connectivity index (χ3n) is 4.96. The number of hydrogen-bond acceptors (Lipinski definition) is 6. The quantitative estimate of drug-likeness (QED) is 0.428. The van der Waals surface area contributed by atoms with Crippen molar-refractivity contribution < 1.29 is 18.7 Å². The number of benzene rings is 2. The molecule has 164 valence electrons. The van der Waals surface area contributed by atoms with Gasteiger partial charge in [0.2, 0.25) is 11.8 Å². The van der Waals surface area contributed by atoms with E-state index in [-0.39, 0.29) is 25.0 Å². The zero-order valence-electron chi connectivity index (χ0n) is 18.2. The minimum Gasteiger partial charge on any atom is -0.462 e. The first-order valence-corrected chi connectivity index (χ1v) is 10.5. The molecule has 0 aliphatic heterocycles. The molecule has 2 aromatic heterocycles. The fourth-order valence-corrected chi connectivity index (χ4v) is 3.44. The highest BCUT2D eigenvalue weighted by molar-refractivity contribution is 6.01. The molecule has 0 aliphatic carbocycles. The van der Waals surface area contributed by atoms with Crippen LogP contribution in [0.4, 0.5) is 5.69 Å². The average molecular weight is 432 g/mol. The van der Waals surface area contributed by atoms with Gasteiger partial charge in [0.05, 0.1) is 17.9 Å². The molecular weight excluding hydrogens is 408 g/mol. The number of para-hydroxylation sites is 2. The molecule has 32 heavy (non-hydrogen) atoms. The van der Waals surface area contributed by atoms with E-state index in [2.05, 4.69) is 15.5 Å².